The molecule has 1 atom stereocenters. The first-order valence-corrected chi connectivity index (χ1v) is 9.05. The highest BCUT2D eigenvalue weighted by Gasteiger charge is 2.26. The van der Waals surface area contributed by atoms with Crippen LogP contribution in [0, 0.1) is 11.3 Å². The molecule has 1 aliphatic rings. The Labute approximate surface area is 159 Å². The number of hydrogen-bond donors (Lipinski definition) is 1. The van der Waals surface area contributed by atoms with Crippen molar-refractivity contribution in [2.75, 3.05) is 36.9 Å². The van der Waals surface area contributed by atoms with Crippen molar-refractivity contribution >= 4 is 28.7 Å². The predicted molar refractivity (Wildman–Crippen MR) is 109 cm³/mol. The van der Waals surface area contributed by atoms with E-state index < -0.39 is 0 Å². The van der Waals surface area contributed by atoms with Crippen LogP contribution in [0.1, 0.15) is 12.5 Å². The van der Waals surface area contributed by atoms with Gasteiger partial charge in [-0.15, -0.1) is 0 Å². The quantitative estimate of drug-likeness (QED) is 0.836. The summed E-state index contributed by atoms with van der Waals surface area (Å²) < 4.78 is 6.16. The van der Waals surface area contributed by atoms with Gasteiger partial charge in [0.1, 0.15) is 17.9 Å². The zero-order valence-corrected chi connectivity index (χ0v) is 15.8. The van der Waals surface area contributed by atoms with Crippen LogP contribution in [0.4, 0.5) is 11.4 Å². The number of likely N-dealkylation sites (N-methyl/N-ethyl adjacent to an activating group) is 2. The standard InChI is InChI=1S/C20H22N4OS/c1-3-24-14-16(25-19-11-7-6-10-18(19)24)13-23(2)20(26)22-17-9-5-4-8-15(17)12-21/h4-11,16H,3,13-14H2,1-2H3,(H,22,26)/t16-/m1/s1. The summed E-state index contributed by atoms with van der Waals surface area (Å²) in [5, 5.41) is 12.9. The van der Waals surface area contributed by atoms with E-state index in [2.05, 4.69) is 29.3 Å². The van der Waals surface area contributed by atoms with Gasteiger partial charge in [-0.3, -0.25) is 0 Å². The van der Waals surface area contributed by atoms with E-state index in [-0.39, 0.29) is 6.10 Å². The second kappa shape index (κ2) is 8.07. The van der Waals surface area contributed by atoms with Gasteiger partial charge in [0.2, 0.25) is 0 Å². The molecule has 0 amide bonds. The first-order valence-electron chi connectivity index (χ1n) is 8.64. The highest BCUT2D eigenvalue weighted by atomic mass is 32.1. The molecule has 2 aromatic rings. The Balaban J connectivity index is 1.65. The van der Waals surface area contributed by atoms with Gasteiger partial charge in [0.25, 0.3) is 0 Å². The van der Waals surface area contributed by atoms with Crippen molar-refractivity contribution in [1.29, 1.82) is 5.26 Å². The number of anilines is 2. The molecular weight excluding hydrogens is 344 g/mol. The maximum absolute atomic E-state index is 9.21. The number of nitriles is 1. The molecule has 5 nitrogen and oxygen atoms in total. The Morgan fingerprint density at radius 1 is 1.31 bits per heavy atom. The molecule has 1 N–H and O–H groups in total. The lowest BCUT2D eigenvalue weighted by Crippen LogP contribution is -2.47. The second-order valence-electron chi connectivity index (χ2n) is 6.21. The number of ether oxygens (including phenoxy) is 1. The maximum Gasteiger partial charge on any atom is 0.173 e. The van der Waals surface area contributed by atoms with E-state index in [1.165, 1.54) is 0 Å². The molecule has 3 rings (SSSR count). The number of para-hydroxylation sites is 3. The average Bonchev–Trinajstić information content (AvgIpc) is 2.67. The van der Waals surface area contributed by atoms with Crippen molar-refractivity contribution < 1.29 is 4.74 Å². The van der Waals surface area contributed by atoms with E-state index in [9.17, 15) is 5.26 Å². The third kappa shape index (κ3) is 3.89. The van der Waals surface area contributed by atoms with E-state index in [0.29, 0.717) is 17.2 Å². The van der Waals surface area contributed by atoms with Crippen LogP contribution in [0.2, 0.25) is 0 Å². The van der Waals surface area contributed by atoms with Crippen molar-refractivity contribution in [3.8, 4) is 11.8 Å². The fourth-order valence-electron chi connectivity index (χ4n) is 3.06. The molecule has 0 spiro atoms. The molecule has 0 aliphatic carbocycles. The largest absolute Gasteiger partial charge is 0.485 e. The van der Waals surface area contributed by atoms with Crippen molar-refractivity contribution in [2.45, 2.75) is 13.0 Å². The lowest BCUT2D eigenvalue weighted by Gasteiger charge is -2.37. The molecule has 0 unspecified atom stereocenters. The molecule has 1 heterocycles. The third-order valence-corrected chi connectivity index (χ3v) is 4.83. The number of fused-ring (bicyclic) bond motifs is 1. The summed E-state index contributed by atoms with van der Waals surface area (Å²) in [6.45, 7) is 4.55. The molecule has 6 heteroatoms. The van der Waals surface area contributed by atoms with Crippen molar-refractivity contribution in [1.82, 2.24) is 4.90 Å². The summed E-state index contributed by atoms with van der Waals surface area (Å²) in [6, 6.07) is 17.6. The van der Waals surface area contributed by atoms with Crippen LogP contribution < -0.4 is 15.0 Å². The Kier molecular flexibility index (Phi) is 5.59. The minimum Gasteiger partial charge on any atom is -0.485 e. The zero-order chi connectivity index (χ0) is 18.5. The Bertz CT molecular complexity index is 833. The van der Waals surface area contributed by atoms with Crippen molar-refractivity contribution in [3.63, 3.8) is 0 Å². The van der Waals surface area contributed by atoms with Gasteiger partial charge in [-0.1, -0.05) is 24.3 Å². The van der Waals surface area contributed by atoms with Crippen LogP contribution in [0.3, 0.4) is 0 Å². The first-order chi connectivity index (χ1) is 12.6. The molecule has 0 fully saturated rings. The number of hydrogen-bond acceptors (Lipinski definition) is 4. The zero-order valence-electron chi connectivity index (χ0n) is 15.0. The Hall–Kier alpha value is -2.78. The number of rotatable bonds is 4. The van der Waals surface area contributed by atoms with Crippen LogP contribution >= 0.6 is 12.2 Å². The molecule has 0 bridgehead atoms. The normalized spacial score (nSPS) is 15.4. The van der Waals surface area contributed by atoms with Crippen LogP contribution in [0.5, 0.6) is 5.75 Å². The number of benzene rings is 2. The molecule has 2 aromatic carbocycles. The van der Waals surface area contributed by atoms with E-state index in [1.807, 2.05) is 48.3 Å². The summed E-state index contributed by atoms with van der Waals surface area (Å²) in [7, 11) is 1.93. The smallest absolute Gasteiger partial charge is 0.173 e. The number of nitrogens with one attached hydrogen (secondary N) is 1. The van der Waals surface area contributed by atoms with Gasteiger partial charge >= 0.3 is 0 Å². The first kappa shape index (κ1) is 18.0. The molecule has 134 valence electrons. The predicted octanol–water partition coefficient (Wildman–Crippen LogP) is 3.47. The SMILES string of the molecule is CCN1C[C@@H](CN(C)C(=S)Nc2ccccc2C#N)Oc2ccccc21. The maximum atomic E-state index is 9.21. The molecule has 0 saturated heterocycles. The minimum absolute atomic E-state index is 0.0146. The van der Waals surface area contributed by atoms with Gasteiger partial charge in [-0.25, -0.2) is 0 Å². The molecule has 0 radical (unpaired) electrons. The molecule has 0 saturated carbocycles. The summed E-state index contributed by atoms with van der Waals surface area (Å²) >= 11 is 5.51. The Morgan fingerprint density at radius 2 is 2.04 bits per heavy atom. The topological polar surface area (TPSA) is 51.5 Å². The highest BCUT2D eigenvalue weighted by molar-refractivity contribution is 7.80. The molecule has 26 heavy (non-hydrogen) atoms. The van der Waals surface area contributed by atoms with E-state index in [4.69, 9.17) is 17.0 Å². The van der Waals surface area contributed by atoms with E-state index in [0.717, 1.165) is 30.2 Å². The molecule has 0 aromatic heterocycles. The fourth-order valence-corrected chi connectivity index (χ4v) is 3.25. The molecular formula is C20H22N4OS. The van der Waals surface area contributed by atoms with Crippen LogP contribution in [-0.4, -0.2) is 42.8 Å². The van der Waals surface area contributed by atoms with Gasteiger partial charge in [-0.05, 0) is 43.4 Å². The highest BCUT2D eigenvalue weighted by Crippen LogP contribution is 2.32. The van der Waals surface area contributed by atoms with E-state index >= 15 is 0 Å². The lowest BCUT2D eigenvalue weighted by atomic mass is 10.2. The summed E-state index contributed by atoms with van der Waals surface area (Å²) in [4.78, 5) is 4.27. The monoisotopic (exact) mass is 366 g/mol. The van der Waals surface area contributed by atoms with Crippen molar-refractivity contribution in [3.05, 3.63) is 54.1 Å². The van der Waals surface area contributed by atoms with Crippen molar-refractivity contribution in [2.24, 2.45) is 0 Å². The third-order valence-electron chi connectivity index (χ3n) is 4.42. The van der Waals surface area contributed by atoms with Gasteiger partial charge in [-0.2, -0.15) is 5.26 Å². The lowest BCUT2D eigenvalue weighted by molar-refractivity contribution is 0.169. The number of nitrogens with zero attached hydrogens (tertiary/aromatic N) is 3. The van der Waals surface area contributed by atoms with Gasteiger partial charge in [0.15, 0.2) is 5.11 Å². The van der Waals surface area contributed by atoms with Crippen LogP contribution in [-0.2, 0) is 0 Å². The number of thiocarbonyl (C=S) groups is 1. The van der Waals surface area contributed by atoms with Gasteiger partial charge in [0.05, 0.1) is 30.0 Å². The second-order valence-corrected chi connectivity index (χ2v) is 6.60. The summed E-state index contributed by atoms with van der Waals surface area (Å²) in [5.41, 5.74) is 2.43. The van der Waals surface area contributed by atoms with Gasteiger partial charge in [0, 0.05) is 13.6 Å². The average molecular weight is 366 g/mol. The fraction of sp³-hybridized carbons (Fsp3) is 0.300. The van der Waals surface area contributed by atoms with Gasteiger partial charge < -0.3 is 19.9 Å². The Morgan fingerprint density at radius 3 is 2.81 bits per heavy atom. The van der Waals surface area contributed by atoms with Crippen LogP contribution in [0.25, 0.3) is 0 Å². The van der Waals surface area contributed by atoms with Crippen LogP contribution in [0.15, 0.2) is 48.5 Å². The summed E-state index contributed by atoms with van der Waals surface area (Å²) in [5.74, 6) is 0.910. The molecule has 1 aliphatic heterocycles. The minimum atomic E-state index is 0.0146. The summed E-state index contributed by atoms with van der Waals surface area (Å²) in [6.07, 6.45) is 0.0146. The van der Waals surface area contributed by atoms with E-state index in [1.54, 1.807) is 6.07 Å².